The third-order valence-corrected chi connectivity index (χ3v) is 21.7. The van der Waals surface area contributed by atoms with Gasteiger partial charge in [0.05, 0.1) is 41.7 Å². The van der Waals surface area contributed by atoms with E-state index in [0.29, 0.717) is 56.4 Å². The number of rotatable bonds is 26. The van der Waals surface area contributed by atoms with Gasteiger partial charge in [0.15, 0.2) is 6.23 Å². The Hall–Kier alpha value is -6.20. The molecule has 16 N–H and O–H groups in total. The van der Waals surface area contributed by atoms with Crippen LogP contribution in [0.25, 0.3) is 11.0 Å². The summed E-state index contributed by atoms with van der Waals surface area (Å²) in [6.07, 6.45) is -4.57. The van der Waals surface area contributed by atoms with Crippen molar-refractivity contribution in [2.75, 3.05) is 13.2 Å². The maximum Gasteiger partial charge on any atom is 2.00 e. The number of amides is 7. The number of allylic oxidation sites excluding steroid dienone is 6. The summed E-state index contributed by atoms with van der Waals surface area (Å²) in [7, 11) is -5.32. The first-order valence-corrected chi connectivity index (χ1v) is 32.0. The number of hydrogen-bond acceptors (Lipinski definition) is 19. The number of aromatic nitrogens is 2. The largest absolute Gasteiger partial charge is 2.00 e. The molecule has 1 aromatic carbocycles. The first-order valence-electron chi connectivity index (χ1n) is 30.5. The van der Waals surface area contributed by atoms with E-state index in [1.807, 2.05) is 87.4 Å². The fraction of sp³-hybridized carbons (Fsp3) is 0.629. The van der Waals surface area contributed by atoms with Gasteiger partial charge in [-0.3, -0.25) is 53.1 Å². The van der Waals surface area contributed by atoms with Crippen LogP contribution in [-0.2, 0) is 68.7 Å². The predicted molar refractivity (Wildman–Crippen MR) is 331 cm³/mol. The summed E-state index contributed by atoms with van der Waals surface area (Å²) in [6.45, 7) is 19.1. The van der Waals surface area contributed by atoms with Crippen molar-refractivity contribution in [3.8, 4) is 0 Å². The molecule has 2 saturated heterocycles. The fourth-order valence-electron chi connectivity index (χ4n) is 15.4. The van der Waals surface area contributed by atoms with Crippen molar-refractivity contribution in [1.29, 1.82) is 0 Å². The van der Waals surface area contributed by atoms with Gasteiger partial charge in [0, 0.05) is 131 Å². The zero-order valence-corrected chi connectivity index (χ0v) is 56.6. The number of carbonyl (C=O) groups excluding carboxylic acids is 7. The molecule has 0 saturated carbocycles. The molecule has 7 heterocycles. The van der Waals surface area contributed by atoms with Crippen molar-refractivity contribution < 1.29 is 96.2 Å². The van der Waals surface area contributed by atoms with Crippen LogP contribution < -0.4 is 62.3 Å². The summed E-state index contributed by atoms with van der Waals surface area (Å²) in [5.41, 5.74) is 37.2. The maximum atomic E-state index is 14.4. The number of aliphatic hydroxyl groups is 2. The van der Waals surface area contributed by atoms with Crippen LogP contribution in [0.2, 0.25) is 0 Å². The molecule has 8 rings (SSSR count). The van der Waals surface area contributed by atoms with Gasteiger partial charge in [0.1, 0.15) is 18.3 Å². The van der Waals surface area contributed by atoms with Crippen LogP contribution in [0.1, 0.15) is 150 Å². The van der Waals surface area contributed by atoms with Gasteiger partial charge in [-0.15, -0.1) is 0 Å². The van der Waals surface area contributed by atoms with E-state index < -0.39 is 143 Å². The Morgan fingerprint density at radius 1 is 0.815 bits per heavy atom. The van der Waals surface area contributed by atoms with Crippen LogP contribution in [-0.4, -0.2) is 127 Å². The number of halogens is 1. The number of phosphoric ester groups is 1. The van der Waals surface area contributed by atoms with Crippen LogP contribution in [0, 0.1) is 59.2 Å². The number of aliphatic imine (C=N–C) groups is 3. The summed E-state index contributed by atoms with van der Waals surface area (Å²) in [4.78, 5) is 128. The molecule has 507 valence electrons. The number of nitrogens with two attached hydrogens (primary N) is 6. The molecule has 15 atom stereocenters. The SMILES string of the molecule is C/C1=C2N=C(/C=C3\N/C(=C(/C)C4=N[C@@](C)([C@@H]5N=C1[C@](C)(CCC(=O)NC[C@@H](C)OP(=O)([O-])O[C@H]1[C@@H](O)[C@@H](n6cnc7cc(C)c(C)cc76)O[C@@H]1CO)[C@H]5CC(N)=O)[C@@](C)(CC(N)=O)[C@@H]4CCC(N)=O)[C@@](C)(CC(N)=O)[C@@H]3CCC(N)=O)C(C)(C)[C@@H]/2CCC(N)=O.[Cl-].[Co+2]. The number of aryl methyl sites for hydroxylation is 2. The molecule has 1 radical (unpaired) electrons. The maximum absolute atomic E-state index is 14.4. The molecule has 6 aliphatic heterocycles. The zero-order valence-electron chi connectivity index (χ0n) is 53.9. The number of phosphoric acid groups is 1. The molecule has 2 aromatic rings. The molecule has 0 spiro atoms. The van der Waals surface area contributed by atoms with E-state index in [0.717, 1.165) is 11.1 Å². The molecule has 2 fully saturated rings. The zero-order chi connectivity index (χ0) is 66.7. The quantitative estimate of drug-likeness (QED) is 0.0533. The van der Waals surface area contributed by atoms with Gasteiger partial charge >= 0.3 is 16.8 Å². The second-order valence-electron chi connectivity index (χ2n) is 27.1. The Morgan fingerprint density at radius 3 is 1.98 bits per heavy atom. The number of primary amides is 6. The van der Waals surface area contributed by atoms with E-state index in [2.05, 4.69) is 15.6 Å². The number of hydrogen-bond donors (Lipinski definition) is 10. The van der Waals surface area contributed by atoms with Crippen LogP contribution in [0.15, 0.2) is 67.8 Å². The van der Waals surface area contributed by atoms with E-state index in [9.17, 15) is 53.2 Å². The fourth-order valence-corrected chi connectivity index (χ4v) is 16.6. The van der Waals surface area contributed by atoms with Crippen LogP contribution in [0.5, 0.6) is 0 Å². The van der Waals surface area contributed by atoms with E-state index >= 15 is 0 Å². The number of ether oxygens (including phenoxy) is 1. The molecule has 6 aliphatic rings. The summed E-state index contributed by atoms with van der Waals surface area (Å²) < 4.78 is 31.9. The molecule has 0 aliphatic carbocycles. The Morgan fingerprint density at radius 2 is 1.40 bits per heavy atom. The van der Waals surface area contributed by atoms with Gasteiger partial charge < -0.3 is 90.9 Å². The van der Waals surface area contributed by atoms with E-state index in [-0.39, 0.29) is 106 Å². The number of aliphatic hydroxyl groups excluding tert-OH is 2. The third kappa shape index (κ3) is 14.2. The number of nitrogens with zero attached hydrogens (tertiary/aromatic N) is 5. The Bertz CT molecular complexity index is 3550. The minimum atomic E-state index is -5.32. The smallest absolute Gasteiger partial charge is 1.00 e. The van der Waals surface area contributed by atoms with Gasteiger partial charge in [0.25, 0.3) is 7.82 Å². The van der Waals surface area contributed by atoms with Crippen molar-refractivity contribution in [1.82, 2.24) is 20.2 Å². The van der Waals surface area contributed by atoms with Gasteiger partial charge in [0.2, 0.25) is 41.4 Å². The topological polar surface area (TPSA) is 463 Å². The first-order chi connectivity index (χ1) is 41.8. The minimum absolute atomic E-state index is 0. The second-order valence-corrected chi connectivity index (χ2v) is 28.4. The average molecular weight is 1370 g/mol. The first kappa shape index (κ1) is 74.8. The molecular formula is C62H89ClCoN13O14P. The van der Waals surface area contributed by atoms with Gasteiger partial charge in [-0.25, -0.2) is 4.98 Å². The van der Waals surface area contributed by atoms with Crippen molar-refractivity contribution in [3.05, 3.63) is 63.9 Å². The van der Waals surface area contributed by atoms with E-state index in [1.54, 1.807) is 0 Å². The third-order valence-electron chi connectivity index (χ3n) is 20.6. The van der Waals surface area contributed by atoms with E-state index in [4.69, 9.17) is 63.2 Å². The van der Waals surface area contributed by atoms with Crippen LogP contribution in [0.3, 0.4) is 0 Å². The summed E-state index contributed by atoms with van der Waals surface area (Å²) in [6, 6.07) is 2.67. The minimum Gasteiger partial charge on any atom is -1.00 e. The van der Waals surface area contributed by atoms with Crippen molar-refractivity contribution in [2.24, 2.45) is 94.7 Å². The van der Waals surface area contributed by atoms with E-state index in [1.165, 1.54) is 17.8 Å². The summed E-state index contributed by atoms with van der Waals surface area (Å²) in [5.74, 6) is -7.24. The number of carbonyl (C=O) groups is 7. The Labute approximate surface area is 551 Å². The molecule has 1 unspecified atom stereocenters. The molecule has 7 amide bonds. The number of nitrogens with one attached hydrogen (secondary N) is 2. The summed E-state index contributed by atoms with van der Waals surface area (Å²) >= 11 is 0. The number of imidazole rings is 1. The van der Waals surface area contributed by atoms with Gasteiger partial charge in [-0.05, 0) is 108 Å². The normalized spacial score (nSPS) is 33.5. The van der Waals surface area contributed by atoms with Crippen LogP contribution >= 0.6 is 7.82 Å². The molecule has 8 bridgehead atoms. The average Bonchev–Trinajstić information content (AvgIpc) is 1.53. The molecule has 92 heavy (non-hydrogen) atoms. The van der Waals surface area contributed by atoms with Crippen molar-refractivity contribution >= 4 is 77.3 Å². The monoisotopic (exact) mass is 1360 g/mol. The number of benzene rings is 1. The predicted octanol–water partition coefficient (Wildman–Crippen LogP) is -0.467. The number of fused-ring (bicyclic) bond motifs is 7. The van der Waals surface area contributed by atoms with Crippen molar-refractivity contribution in [3.63, 3.8) is 0 Å². The van der Waals surface area contributed by atoms with Gasteiger partial charge in [-0.2, -0.15) is 0 Å². The van der Waals surface area contributed by atoms with Crippen LogP contribution in [0.4, 0.5) is 0 Å². The molecule has 30 heteroatoms. The molecule has 27 nitrogen and oxygen atoms in total. The Kier molecular flexibility index (Phi) is 22.8. The Balaban J connectivity index is 0.00000672. The molecular weight excluding hydrogens is 1280 g/mol. The standard InChI is InChI=1S/C62H90N13O14P.ClH.Co/c1-29-20-39-40(21-30(29)2)75(28-70-39)57-52(84)53(41(27-76)87-57)89-90(85,86)88-31(3)26-69-49(83)18-19-59(8)37(22-46(66)80)56-62(11)61(10,25-48(68)82)36(14-17-45(65)79)51(74-62)33(5)55-60(9,24-47(67)81)34(12-15-43(63)77)38(71-55)23-42-58(6,7)35(13-16-44(64)78)50(72-42)32(4)54(59)73-56;;/h20-21,23,28,31,34-37,41,52-53,56-57,71,76,84H,12-19,22,24-27H2,1-11H3,(H2,63,77)(H2,64,78)(H2,65,79)(H2,66,80)(H2,67,81)(H2,68,82)(H,69,83)(H,85,86);1H;/q;;+2/p-2/b38-23-,50-32-,55-33-;;/t31-,34-,35-,36-,37+,41-,52-,53-,56-,57+,59-,60+,61+,62+;;/m1../s1. The van der Waals surface area contributed by atoms with Gasteiger partial charge in [-0.1, -0.05) is 34.6 Å². The molecule has 1 aromatic heterocycles. The summed E-state index contributed by atoms with van der Waals surface area (Å²) in [5, 5.41) is 28.1. The van der Waals surface area contributed by atoms with Crippen molar-refractivity contribution in [2.45, 2.75) is 189 Å². The second kappa shape index (κ2) is 28.0.